The van der Waals surface area contributed by atoms with E-state index in [0.717, 1.165) is 36.1 Å². The summed E-state index contributed by atoms with van der Waals surface area (Å²) in [7, 11) is 0. The number of nitrogens with one attached hydrogen (secondary N) is 2. The van der Waals surface area contributed by atoms with Crippen LogP contribution in [-0.2, 0) is 9.59 Å². The lowest BCUT2D eigenvalue weighted by Crippen LogP contribution is -2.20. The van der Waals surface area contributed by atoms with Crippen LogP contribution in [0.4, 0.5) is 11.4 Å². The first-order chi connectivity index (χ1) is 11.2. The molecule has 3 saturated carbocycles. The molecule has 0 heterocycles. The predicted octanol–water partition coefficient (Wildman–Crippen LogP) is 3.80. The van der Waals surface area contributed by atoms with Crippen LogP contribution in [0.25, 0.3) is 0 Å². The van der Waals surface area contributed by atoms with E-state index in [2.05, 4.69) is 10.6 Å². The first-order valence-corrected chi connectivity index (χ1v) is 8.88. The summed E-state index contributed by atoms with van der Waals surface area (Å²) in [6.07, 6.45) is 7.93. The lowest BCUT2D eigenvalue weighted by Gasteiger charge is -2.20. The molecule has 2 N–H and O–H groups in total. The SMILES string of the molecule is O=C(CC1CC2CCC1C2)Nc1ccc(NC(=O)C2CC2)cc1. The van der Waals surface area contributed by atoms with Gasteiger partial charge in [0.1, 0.15) is 0 Å². The summed E-state index contributed by atoms with van der Waals surface area (Å²) in [6.45, 7) is 0. The minimum absolute atomic E-state index is 0.109. The van der Waals surface area contributed by atoms with E-state index >= 15 is 0 Å². The van der Waals surface area contributed by atoms with E-state index in [0.29, 0.717) is 12.3 Å². The molecule has 3 unspecified atom stereocenters. The highest BCUT2D eigenvalue weighted by Gasteiger charge is 2.40. The molecule has 0 saturated heterocycles. The van der Waals surface area contributed by atoms with Crippen LogP contribution in [-0.4, -0.2) is 11.8 Å². The van der Waals surface area contributed by atoms with Gasteiger partial charge in [0.15, 0.2) is 0 Å². The minimum atomic E-state index is 0.109. The van der Waals surface area contributed by atoms with Gasteiger partial charge < -0.3 is 10.6 Å². The minimum Gasteiger partial charge on any atom is -0.326 e. The van der Waals surface area contributed by atoms with Gasteiger partial charge in [0, 0.05) is 23.7 Å². The summed E-state index contributed by atoms with van der Waals surface area (Å²) in [5.41, 5.74) is 1.61. The highest BCUT2D eigenvalue weighted by molar-refractivity contribution is 5.95. The zero-order chi connectivity index (χ0) is 15.8. The number of fused-ring (bicyclic) bond motifs is 2. The standard InChI is InChI=1S/C19H24N2O2/c22-18(11-15-10-12-1-2-14(15)9-12)20-16-5-7-17(8-6-16)21-19(23)13-3-4-13/h5-8,12-15H,1-4,9-11H2,(H,20,22)(H,21,23). The van der Waals surface area contributed by atoms with E-state index in [-0.39, 0.29) is 17.7 Å². The van der Waals surface area contributed by atoms with Crippen LogP contribution in [0.2, 0.25) is 0 Å². The second-order valence-electron chi connectivity index (χ2n) is 7.53. The fourth-order valence-electron chi connectivity index (χ4n) is 4.30. The summed E-state index contributed by atoms with van der Waals surface area (Å²) in [5, 5.41) is 5.90. The van der Waals surface area contributed by atoms with Gasteiger partial charge in [-0.05, 0) is 74.1 Å². The Hall–Kier alpha value is -1.84. The van der Waals surface area contributed by atoms with Crippen molar-refractivity contribution in [2.24, 2.45) is 23.7 Å². The molecule has 0 aliphatic heterocycles. The molecule has 2 amide bonds. The Morgan fingerprint density at radius 3 is 2.17 bits per heavy atom. The molecule has 122 valence electrons. The zero-order valence-corrected chi connectivity index (χ0v) is 13.4. The molecule has 0 aromatic heterocycles. The van der Waals surface area contributed by atoms with Crippen LogP contribution in [0.3, 0.4) is 0 Å². The Balaban J connectivity index is 1.28. The van der Waals surface area contributed by atoms with Gasteiger partial charge in [-0.25, -0.2) is 0 Å². The number of hydrogen-bond acceptors (Lipinski definition) is 2. The molecule has 3 aliphatic carbocycles. The lowest BCUT2D eigenvalue weighted by molar-refractivity contribution is -0.118. The highest BCUT2D eigenvalue weighted by Crippen LogP contribution is 2.49. The fraction of sp³-hybridized carbons (Fsp3) is 0.579. The van der Waals surface area contributed by atoms with E-state index < -0.39 is 0 Å². The van der Waals surface area contributed by atoms with Crippen molar-refractivity contribution in [3.8, 4) is 0 Å². The van der Waals surface area contributed by atoms with Gasteiger partial charge in [0.25, 0.3) is 0 Å². The third kappa shape index (κ3) is 3.41. The molecule has 4 heteroatoms. The number of hydrogen-bond donors (Lipinski definition) is 2. The smallest absolute Gasteiger partial charge is 0.227 e. The maximum absolute atomic E-state index is 12.2. The van der Waals surface area contributed by atoms with Crippen LogP contribution in [0.15, 0.2) is 24.3 Å². The summed E-state index contributed by atoms with van der Waals surface area (Å²) in [6, 6.07) is 7.43. The van der Waals surface area contributed by atoms with Gasteiger partial charge in [-0.3, -0.25) is 9.59 Å². The van der Waals surface area contributed by atoms with Crippen molar-refractivity contribution in [3.63, 3.8) is 0 Å². The number of carbonyl (C=O) groups excluding carboxylic acids is 2. The lowest BCUT2D eigenvalue weighted by atomic mass is 9.86. The number of anilines is 2. The van der Waals surface area contributed by atoms with Gasteiger partial charge in [0.2, 0.25) is 11.8 Å². The Morgan fingerprint density at radius 1 is 0.913 bits per heavy atom. The highest BCUT2D eigenvalue weighted by atomic mass is 16.2. The molecular formula is C19H24N2O2. The largest absolute Gasteiger partial charge is 0.326 e. The third-order valence-electron chi connectivity index (χ3n) is 5.72. The van der Waals surface area contributed by atoms with Crippen molar-refractivity contribution < 1.29 is 9.59 Å². The molecule has 1 aromatic rings. The number of amides is 2. The molecule has 3 atom stereocenters. The van der Waals surface area contributed by atoms with E-state index in [4.69, 9.17) is 0 Å². The van der Waals surface area contributed by atoms with Gasteiger partial charge in [-0.15, -0.1) is 0 Å². The van der Waals surface area contributed by atoms with Gasteiger partial charge in [0.05, 0.1) is 0 Å². The molecule has 1 aromatic carbocycles. The zero-order valence-electron chi connectivity index (χ0n) is 13.4. The maximum atomic E-state index is 12.2. The fourth-order valence-corrected chi connectivity index (χ4v) is 4.30. The maximum Gasteiger partial charge on any atom is 0.227 e. The van der Waals surface area contributed by atoms with Gasteiger partial charge in [-0.1, -0.05) is 6.42 Å². The molecule has 23 heavy (non-hydrogen) atoms. The summed E-state index contributed by atoms with van der Waals surface area (Å²) < 4.78 is 0. The number of benzene rings is 1. The average Bonchev–Trinajstić information content (AvgIpc) is 3.20. The first kappa shape index (κ1) is 14.7. The molecular weight excluding hydrogens is 288 g/mol. The third-order valence-corrected chi connectivity index (χ3v) is 5.72. The van der Waals surface area contributed by atoms with Crippen LogP contribution in [0, 0.1) is 23.7 Å². The Morgan fingerprint density at radius 2 is 1.61 bits per heavy atom. The van der Waals surface area contributed by atoms with Crippen LogP contribution in [0.5, 0.6) is 0 Å². The van der Waals surface area contributed by atoms with Crippen molar-refractivity contribution in [3.05, 3.63) is 24.3 Å². The van der Waals surface area contributed by atoms with E-state index in [9.17, 15) is 9.59 Å². The van der Waals surface area contributed by atoms with Crippen molar-refractivity contribution >= 4 is 23.2 Å². The molecule has 3 aliphatic rings. The van der Waals surface area contributed by atoms with E-state index in [1.54, 1.807) is 0 Å². The van der Waals surface area contributed by atoms with Crippen molar-refractivity contribution in [2.75, 3.05) is 10.6 Å². The Kier molecular flexibility index (Phi) is 3.83. The summed E-state index contributed by atoms with van der Waals surface area (Å²) in [5.74, 6) is 2.69. The number of rotatable bonds is 5. The van der Waals surface area contributed by atoms with Gasteiger partial charge >= 0.3 is 0 Å². The molecule has 3 fully saturated rings. The molecule has 0 spiro atoms. The van der Waals surface area contributed by atoms with Crippen LogP contribution in [0.1, 0.15) is 44.9 Å². The van der Waals surface area contributed by atoms with E-state index in [1.807, 2.05) is 24.3 Å². The Bertz CT molecular complexity index is 606. The monoisotopic (exact) mass is 312 g/mol. The van der Waals surface area contributed by atoms with Crippen molar-refractivity contribution in [1.29, 1.82) is 0 Å². The topological polar surface area (TPSA) is 58.2 Å². The second kappa shape index (κ2) is 5.99. The molecule has 0 radical (unpaired) electrons. The normalized spacial score (nSPS) is 28.6. The average molecular weight is 312 g/mol. The van der Waals surface area contributed by atoms with Crippen molar-refractivity contribution in [1.82, 2.24) is 0 Å². The first-order valence-electron chi connectivity index (χ1n) is 8.88. The molecule has 4 rings (SSSR count). The predicted molar refractivity (Wildman–Crippen MR) is 90.0 cm³/mol. The Labute approximate surface area is 137 Å². The van der Waals surface area contributed by atoms with Crippen LogP contribution < -0.4 is 10.6 Å². The number of carbonyl (C=O) groups is 2. The summed E-state index contributed by atoms with van der Waals surface area (Å²) >= 11 is 0. The molecule has 2 bridgehead atoms. The molecule has 4 nitrogen and oxygen atoms in total. The van der Waals surface area contributed by atoms with E-state index in [1.165, 1.54) is 25.7 Å². The van der Waals surface area contributed by atoms with Gasteiger partial charge in [-0.2, -0.15) is 0 Å². The van der Waals surface area contributed by atoms with Crippen LogP contribution >= 0.6 is 0 Å². The summed E-state index contributed by atoms with van der Waals surface area (Å²) in [4.78, 5) is 23.9. The van der Waals surface area contributed by atoms with Crippen molar-refractivity contribution in [2.45, 2.75) is 44.9 Å². The second-order valence-corrected chi connectivity index (χ2v) is 7.53. The quantitative estimate of drug-likeness (QED) is 0.869.